The van der Waals surface area contributed by atoms with Crippen molar-refractivity contribution in [2.45, 2.75) is 20.0 Å². The van der Waals surface area contributed by atoms with Crippen LogP contribution in [0.15, 0.2) is 36.4 Å². The van der Waals surface area contributed by atoms with Crippen LogP contribution in [0.4, 0.5) is 0 Å². The average Bonchev–Trinajstić information content (AvgIpc) is 2.72. The molecule has 0 bridgehead atoms. The molecular weight excluding hydrogens is 360 g/mol. The summed E-state index contributed by atoms with van der Waals surface area (Å²) in [4.78, 5) is 12.9. The summed E-state index contributed by atoms with van der Waals surface area (Å²) in [5.74, 6) is 2.07. The predicted molar refractivity (Wildman–Crippen MR) is 108 cm³/mol. The van der Waals surface area contributed by atoms with Crippen molar-refractivity contribution in [3.05, 3.63) is 47.5 Å². The van der Waals surface area contributed by atoms with E-state index in [0.717, 1.165) is 5.56 Å². The van der Waals surface area contributed by atoms with Gasteiger partial charge in [0.2, 0.25) is 11.5 Å². The Morgan fingerprint density at radius 3 is 1.96 bits per heavy atom. The maximum atomic E-state index is 12.9. The Labute approximate surface area is 165 Å². The summed E-state index contributed by atoms with van der Waals surface area (Å²) >= 11 is 0. The first-order valence-electron chi connectivity index (χ1n) is 8.80. The molecule has 0 aliphatic carbocycles. The van der Waals surface area contributed by atoms with E-state index in [0.29, 0.717) is 34.3 Å². The second-order valence-electron chi connectivity index (χ2n) is 5.95. The highest BCUT2D eigenvalue weighted by Gasteiger charge is 2.23. The molecule has 6 nitrogen and oxygen atoms in total. The summed E-state index contributed by atoms with van der Waals surface area (Å²) in [6, 6.07) is 8.75. The lowest BCUT2D eigenvalue weighted by Crippen LogP contribution is -2.24. The molecule has 0 heterocycles. The van der Waals surface area contributed by atoms with Gasteiger partial charge in [-0.2, -0.15) is 0 Å². The number of hydrogen-bond donors (Lipinski definition) is 0. The zero-order valence-corrected chi connectivity index (χ0v) is 17.1. The van der Waals surface area contributed by atoms with E-state index < -0.39 is 6.10 Å². The number of ketones is 1. The van der Waals surface area contributed by atoms with Crippen molar-refractivity contribution in [1.29, 1.82) is 0 Å². The number of carbonyl (C=O) groups excluding carboxylic acids is 1. The van der Waals surface area contributed by atoms with Crippen molar-refractivity contribution in [2.24, 2.45) is 0 Å². The van der Waals surface area contributed by atoms with Crippen molar-refractivity contribution in [3.8, 4) is 28.7 Å². The zero-order valence-electron chi connectivity index (χ0n) is 17.1. The van der Waals surface area contributed by atoms with E-state index in [1.54, 1.807) is 32.2 Å². The molecule has 2 aromatic carbocycles. The van der Waals surface area contributed by atoms with E-state index in [1.165, 1.54) is 21.3 Å². The monoisotopic (exact) mass is 386 g/mol. The molecule has 0 spiro atoms. The van der Waals surface area contributed by atoms with Crippen molar-refractivity contribution in [3.63, 3.8) is 0 Å². The van der Waals surface area contributed by atoms with Crippen molar-refractivity contribution >= 4 is 11.9 Å². The van der Waals surface area contributed by atoms with Gasteiger partial charge in [0.05, 0.1) is 28.4 Å². The fourth-order valence-electron chi connectivity index (χ4n) is 2.78. The third kappa shape index (κ3) is 4.57. The maximum Gasteiger partial charge on any atom is 0.203 e. The highest BCUT2D eigenvalue weighted by molar-refractivity contribution is 6.00. The SMILES string of the molecule is C/C=C/c1ccc(O[C@@H](C)C(=O)c2cc(OC)c(OC)c(OC)c2)c(OC)c1. The van der Waals surface area contributed by atoms with E-state index in [-0.39, 0.29) is 5.78 Å². The molecule has 28 heavy (non-hydrogen) atoms. The average molecular weight is 386 g/mol. The molecule has 0 saturated carbocycles. The lowest BCUT2D eigenvalue weighted by molar-refractivity contribution is 0.0813. The lowest BCUT2D eigenvalue weighted by Gasteiger charge is -2.18. The normalized spacial score (nSPS) is 11.8. The van der Waals surface area contributed by atoms with Gasteiger partial charge in [0.15, 0.2) is 29.1 Å². The number of Topliss-reactive ketones (excluding diaryl/α,β-unsaturated/α-hetero) is 1. The largest absolute Gasteiger partial charge is 0.493 e. The molecule has 0 fully saturated rings. The van der Waals surface area contributed by atoms with Gasteiger partial charge in [0.25, 0.3) is 0 Å². The summed E-state index contributed by atoms with van der Waals surface area (Å²) < 4.78 is 27.2. The minimum atomic E-state index is -0.746. The van der Waals surface area contributed by atoms with Crippen molar-refractivity contribution in [2.75, 3.05) is 28.4 Å². The lowest BCUT2D eigenvalue weighted by atomic mass is 10.1. The first-order valence-corrected chi connectivity index (χ1v) is 8.80. The summed E-state index contributed by atoms with van der Waals surface area (Å²) in [5, 5.41) is 0. The van der Waals surface area contributed by atoms with Crippen molar-refractivity contribution < 1.29 is 28.5 Å². The minimum Gasteiger partial charge on any atom is -0.493 e. The van der Waals surface area contributed by atoms with Crippen LogP contribution >= 0.6 is 0 Å². The summed E-state index contributed by atoms with van der Waals surface area (Å²) in [7, 11) is 6.08. The summed E-state index contributed by atoms with van der Waals surface area (Å²) in [6.45, 7) is 3.62. The van der Waals surface area contributed by atoms with Crippen LogP contribution < -0.4 is 23.7 Å². The van der Waals surface area contributed by atoms with Crippen LogP contribution in [0.1, 0.15) is 29.8 Å². The Morgan fingerprint density at radius 1 is 0.857 bits per heavy atom. The summed E-state index contributed by atoms with van der Waals surface area (Å²) in [5.41, 5.74) is 1.38. The van der Waals surface area contributed by atoms with Gasteiger partial charge >= 0.3 is 0 Å². The predicted octanol–water partition coefficient (Wildman–Crippen LogP) is 4.40. The Morgan fingerprint density at radius 2 is 1.46 bits per heavy atom. The zero-order chi connectivity index (χ0) is 20.7. The molecule has 0 saturated heterocycles. The van der Waals surface area contributed by atoms with Crippen LogP contribution in [0.25, 0.3) is 6.08 Å². The van der Waals surface area contributed by atoms with Crippen molar-refractivity contribution in [1.82, 2.24) is 0 Å². The molecule has 0 aliphatic heterocycles. The number of allylic oxidation sites excluding steroid dienone is 1. The third-order valence-electron chi connectivity index (χ3n) is 4.17. The Hall–Kier alpha value is -3.15. The molecule has 6 heteroatoms. The highest BCUT2D eigenvalue weighted by Crippen LogP contribution is 2.38. The molecule has 0 radical (unpaired) electrons. The second-order valence-corrected chi connectivity index (χ2v) is 5.95. The fourth-order valence-corrected chi connectivity index (χ4v) is 2.78. The number of benzene rings is 2. The molecule has 2 aromatic rings. The highest BCUT2D eigenvalue weighted by atomic mass is 16.5. The van der Waals surface area contributed by atoms with Gasteiger partial charge in [-0.25, -0.2) is 0 Å². The van der Waals surface area contributed by atoms with E-state index in [2.05, 4.69) is 0 Å². The Balaban J connectivity index is 2.30. The Bertz CT molecular complexity index is 831. The minimum absolute atomic E-state index is 0.223. The first-order chi connectivity index (χ1) is 13.5. The van der Waals surface area contributed by atoms with Crippen LogP contribution in [-0.4, -0.2) is 40.3 Å². The van der Waals surface area contributed by atoms with E-state index >= 15 is 0 Å². The molecule has 2 rings (SSSR count). The van der Waals surface area contributed by atoms with Crippen LogP contribution in [0.2, 0.25) is 0 Å². The van der Waals surface area contributed by atoms with E-state index in [4.69, 9.17) is 23.7 Å². The molecule has 0 aromatic heterocycles. The van der Waals surface area contributed by atoms with Crippen LogP contribution in [0.5, 0.6) is 28.7 Å². The molecule has 0 aliphatic rings. The first kappa shape index (κ1) is 21.2. The van der Waals surface area contributed by atoms with Gasteiger partial charge in [0.1, 0.15) is 0 Å². The number of carbonyl (C=O) groups is 1. The molecule has 150 valence electrons. The number of hydrogen-bond acceptors (Lipinski definition) is 6. The molecule has 0 unspecified atom stereocenters. The fraction of sp³-hybridized carbons (Fsp3) is 0.318. The van der Waals surface area contributed by atoms with Gasteiger partial charge in [-0.05, 0) is 43.7 Å². The quantitative estimate of drug-likeness (QED) is 0.595. The number of methoxy groups -OCH3 is 4. The Kier molecular flexibility index (Phi) is 7.32. The van der Waals surface area contributed by atoms with Crippen LogP contribution in [0.3, 0.4) is 0 Å². The standard InChI is InChI=1S/C22H26O6/c1-7-8-15-9-10-17(18(11-15)24-3)28-14(2)21(23)16-12-19(25-4)22(27-6)20(13-16)26-5/h7-14H,1-6H3/b8-7+/t14-/m0/s1. The summed E-state index contributed by atoms with van der Waals surface area (Å²) in [6.07, 6.45) is 3.15. The number of rotatable bonds is 9. The molecule has 0 N–H and O–H groups in total. The maximum absolute atomic E-state index is 12.9. The molecule has 1 atom stereocenters. The van der Waals surface area contributed by atoms with Gasteiger partial charge in [-0.3, -0.25) is 4.79 Å². The second kappa shape index (κ2) is 9.69. The number of ether oxygens (including phenoxy) is 5. The van der Waals surface area contributed by atoms with Crippen LogP contribution in [0, 0.1) is 0 Å². The van der Waals surface area contributed by atoms with Gasteiger partial charge < -0.3 is 23.7 Å². The molecular formula is C22H26O6. The van der Waals surface area contributed by atoms with Gasteiger partial charge in [0, 0.05) is 5.56 Å². The topological polar surface area (TPSA) is 63.2 Å². The van der Waals surface area contributed by atoms with Crippen LogP contribution in [-0.2, 0) is 0 Å². The van der Waals surface area contributed by atoms with E-state index in [9.17, 15) is 4.79 Å². The molecule has 0 amide bonds. The third-order valence-corrected chi connectivity index (χ3v) is 4.17. The van der Waals surface area contributed by atoms with Gasteiger partial charge in [-0.1, -0.05) is 18.2 Å². The van der Waals surface area contributed by atoms with Gasteiger partial charge in [-0.15, -0.1) is 0 Å². The van der Waals surface area contributed by atoms with E-state index in [1.807, 2.05) is 31.2 Å². The smallest absolute Gasteiger partial charge is 0.203 e.